The lowest BCUT2D eigenvalue weighted by atomic mass is 9.66. The first-order valence-electron chi connectivity index (χ1n) is 7.92. The Morgan fingerprint density at radius 1 is 1.15 bits per heavy atom. The van der Waals surface area contributed by atoms with Crippen LogP contribution in [0.15, 0.2) is 18.2 Å². The van der Waals surface area contributed by atoms with Crippen molar-refractivity contribution in [2.24, 2.45) is 17.3 Å². The normalized spacial score (nSPS) is 26.5. The molecule has 0 atom stereocenters. The second-order valence-corrected chi connectivity index (χ2v) is 7.15. The third kappa shape index (κ3) is 3.42. The van der Waals surface area contributed by atoms with Gasteiger partial charge in [-0.1, -0.05) is 43.2 Å². The predicted molar refractivity (Wildman–Crippen MR) is 84.5 cm³/mol. The molecule has 0 radical (unpaired) electrons. The van der Waals surface area contributed by atoms with Crippen molar-refractivity contribution >= 4 is 0 Å². The standard InChI is InChI=1S/C19H27N/c1-14(2)18-5-7-19(13-20,8-6-18)12-17-10-15(3)9-16(4)11-17/h9-11,14,18H,5-8,12H2,1-4H3. The summed E-state index contributed by atoms with van der Waals surface area (Å²) in [5.74, 6) is 1.57. The molecule has 0 saturated heterocycles. The summed E-state index contributed by atoms with van der Waals surface area (Å²) in [7, 11) is 0. The Hall–Kier alpha value is -1.29. The molecule has 2 rings (SSSR count). The second-order valence-electron chi connectivity index (χ2n) is 7.15. The Kier molecular flexibility index (Phi) is 4.53. The molecule has 1 aromatic rings. The van der Waals surface area contributed by atoms with Crippen molar-refractivity contribution in [1.82, 2.24) is 0 Å². The van der Waals surface area contributed by atoms with E-state index in [0.29, 0.717) is 0 Å². The maximum atomic E-state index is 9.72. The van der Waals surface area contributed by atoms with E-state index in [2.05, 4.69) is 52.0 Å². The highest BCUT2D eigenvalue weighted by atomic mass is 14.4. The van der Waals surface area contributed by atoms with Crippen LogP contribution in [0.1, 0.15) is 56.2 Å². The van der Waals surface area contributed by atoms with E-state index in [1.807, 2.05) is 0 Å². The zero-order chi connectivity index (χ0) is 14.8. The first-order valence-corrected chi connectivity index (χ1v) is 7.92. The molecule has 0 aliphatic heterocycles. The van der Waals surface area contributed by atoms with E-state index in [4.69, 9.17) is 0 Å². The van der Waals surface area contributed by atoms with Crippen LogP contribution in [0.25, 0.3) is 0 Å². The number of benzene rings is 1. The number of rotatable bonds is 3. The lowest BCUT2D eigenvalue weighted by molar-refractivity contribution is 0.175. The highest BCUT2D eigenvalue weighted by molar-refractivity contribution is 5.30. The predicted octanol–water partition coefficient (Wildman–Crippen LogP) is 5.20. The molecule has 1 nitrogen and oxygen atoms in total. The van der Waals surface area contributed by atoms with Crippen molar-refractivity contribution in [2.45, 2.75) is 59.8 Å². The molecule has 1 aliphatic rings. The van der Waals surface area contributed by atoms with Crippen LogP contribution in [0, 0.1) is 42.4 Å². The fraction of sp³-hybridized carbons (Fsp3) is 0.632. The molecular formula is C19H27N. The van der Waals surface area contributed by atoms with Crippen molar-refractivity contribution in [3.8, 4) is 6.07 Å². The van der Waals surface area contributed by atoms with E-state index < -0.39 is 0 Å². The third-order valence-electron chi connectivity index (χ3n) is 4.99. The van der Waals surface area contributed by atoms with Crippen LogP contribution in [0.2, 0.25) is 0 Å². The summed E-state index contributed by atoms with van der Waals surface area (Å²) in [6.07, 6.45) is 5.50. The zero-order valence-electron chi connectivity index (χ0n) is 13.4. The van der Waals surface area contributed by atoms with Crippen molar-refractivity contribution in [2.75, 3.05) is 0 Å². The SMILES string of the molecule is Cc1cc(C)cc(CC2(C#N)CCC(C(C)C)CC2)c1. The maximum Gasteiger partial charge on any atom is 0.0693 e. The largest absolute Gasteiger partial charge is 0.198 e. The minimum Gasteiger partial charge on any atom is -0.198 e. The minimum atomic E-state index is -0.119. The van der Waals surface area contributed by atoms with Gasteiger partial charge in [0.2, 0.25) is 0 Å². The summed E-state index contributed by atoms with van der Waals surface area (Å²) in [6, 6.07) is 9.37. The minimum absolute atomic E-state index is 0.119. The fourth-order valence-electron chi connectivity index (χ4n) is 3.75. The van der Waals surface area contributed by atoms with Gasteiger partial charge in [0.15, 0.2) is 0 Å². The molecule has 108 valence electrons. The van der Waals surface area contributed by atoms with Gasteiger partial charge < -0.3 is 0 Å². The molecule has 1 aromatic carbocycles. The Balaban J connectivity index is 2.12. The van der Waals surface area contributed by atoms with Crippen LogP contribution < -0.4 is 0 Å². The summed E-state index contributed by atoms with van der Waals surface area (Å²) in [5, 5.41) is 9.72. The molecule has 0 aromatic heterocycles. The molecule has 0 N–H and O–H groups in total. The Bertz CT molecular complexity index is 479. The molecule has 0 heterocycles. The van der Waals surface area contributed by atoms with E-state index in [0.717, 1.165) is 31.1 Å². The van der Waals surface area contributed by atoms with Gasteiger partial charge in [0.25, 0.3) is 0 Å². The summed E-state index contributed by atoms with van der Waals surface area (Å²) < 4.78 is 0. The van der Waals surface area contributed by atoms with Gasteiger partial charge in [-0.05, 0) is 63.4 Å². The first kappa shape index (κ1) is 15.1. The van der Waals surface area contributed by atoms with Crippen LogP contribution in [-0.2, 0) is 6.42 Å². The summed E-state index contributed by atoms with van der Waals surface area (Å²) in [6.45, 7) is 8.92. The van der Waals surface area contributed by atoms with Gasteiger partial charge in [-0.25, -0.2) is 0 Å². The van der Waals surface area contributed by atoms with E-state index in [-0.39, 0.29) is 5.41 Å². The lowest BCUT2D eigenvalue weighted by Gasteiger charge is -2.36. The summed E-state index contributed by atoms with van der Waals surface area (Å²) >= 11 is 0. The Morgan fingerprint density at radius 3 is 2.15 bits per heavy atom. The topological polar surface area (TPSA) is 23.8 Å². The van der Waals surface area contributed by atoms with E-state index in [1.54, 1.807) is 0 Å². The molecule has 0 amide bonds. The Morgan fingerprint density at radius 2 is 1.70 bits per heavy atom. The van der Waals surface area contributed by atoms with Gasteiger partial charge in [-0.2, -0.15) is 5.26 Å². The maximum absolute atomic E-state index is 9.72. The van der Waals surface area contributed by atoms with Gasteiger partial charge in [0, 0.05) is 0 Å². The van der Waals surface area contributed by atoms with Crippen LogP contribution in [-0.4, -0.2) is 0 Å². The van der Waals surface area contributed by atoms with Crippen molar-refractivity contribution in [3.63, 3.8) is 0 Å². The third-order valence-corrected chi connectivity index (χ3v) is 4.99. The highest BCUT2D eigenvalue weighted by Crippen LogP contribution is 2.43. The molecule has 1 saturated carbocycles. The molecule has 1 heteroatoms. The number of nitrogens with zero attached hydrogens (tertiary/aromatic N) is 1. The quantitative estimate of drug-likeness (QED) is 0.739. The van der Waals surface area contributed by atoms with E-state index >= 15 is 0 Å². The average molecular weight is 269 g/mol. The molecule has 0 spiro atoms. The monoisotopic (exact) mass is 269 g/mol. The smallest absolute Gasteiger partial charge is 0.0693 e. The Labute approximate surface area is 124 Å². The number of hydrogen-bond acceptors (Lipinski definition) is 1. The van der Waals surface area contributed by atoms with Crippen molar-refractivity contribution in [3.05, 3.63) is 34.9 Å². The molecule has 1 fully saturated rings. The molecule has 20 heavy (non-hydrogen) atoms. The van der Waals surface area contributed by atoms with Gasteiger partial charge in [0.1, 0.15) is 0 Å². The molecule has 1 aliphatic carbocycles. The van der Waals surface area contributed by atoms with Crippen LogP contribution in [0.4, 0.5) is 0 Å². The van der Waals surface area contributed by atoms with Crippen LogP contribution in [0.3, 0.4) is 0 Å². The van der Waals surface area contributed by atoms with Crippen molar-refractivity contribution < 1.29 is 0 Å². The van der Waals surface area contributed by atoms with Crippen molar-refractivity contribution in [1.29, 1.82) is 5.26 Å². The lowest BCUT2D eigenvalue weighted by Crippen LogP contribution is -2.30. The van der Waals surface area contributed by atoms with Gasteiger partial charge in [-0.3, -0.25) is 0 Å². The van der Waals surface area contributed by atoms with Crippen LogP contribution in [0.5, 0.6) is 0 Å². The molecule has 0 bridgehead atoms. The van der Waals surface area contributed by atoms with E-state index in [1.165, 1.54) is 29.5 Å². The second kappa shape index (κ2) is 6.00. The average Bonchev–Trinajstić information content (AvgIpc) is 2.38. The van der Waals surface area contributed by atoms with Gasteiger partial charge in [-0.15, -0.1) is 0 Å². The van der Waals surface area contributed by atoms with Gasteiger partial charge in [0.05, 0.1) is 11.5 Å². The summed E-state index contributed by atoms with van der Waals surface area (Å²) in [5.41, 5.74) is 3.84. The highest BCUT2D eigenvalue weighted by Gasteiger charge is 2.36. The number of hydrogen-bond donors (Lipinski definition) is 0. The fourth-order valence-corrected chi connectivity index (χ4v) is 3.75. The van der Waals surface area contributed by atoms with E-state index in [9.17, 15) is 5.26 Å². The number of aryl methyl sites for hydroxylation is 2. The molecular weight excluding hydrogens is 242 g/mol. The zero-order valence-corrected chi connectivity index (χ0v) is 13.4. The first-order chi connectivity index (χ1) is 9.44. The van der Waals surface area contributed by atoms with Crippen LogP contribution >= 0.6 is 0 Å². The molecule has 0 unspecified atom stereocenters. The summed E-state index contributed by atoms with van der Waals surface area (Å²) in [4.78, 5) is 0. The number of nitriles is 1. The van der Waals surface area contributed by atoms with Gasteiger partial charge >= 0.3 is 0 Å².